The maximum atomic E-state index is 13.3. The Balaban J connectivity index is 1.63. The summed E-state index contributed by atoms with van der Waals surface area (Å²) < 4.78 is 13.3. The van der Waals surface area contributed by atoms with E-state index in [1.807, 2.05) is 0 Å². The first kappa shape index (κ1) is 23.7. The Morgan fingerprint density at radius 2 is 1.94 bits per heavy atom. The summed E-state index contributed by atoms with van der Waals surface area (Å²) >= 11 is 0. The molecule has 1 aromatic rings. The van der Waals surface area contributed by atoms with Gasteiger partial charge in [-0.05, 0) is 43.5 Å². The predicted octanol–water partition coefficient (Wildman–Crippen LogP) is 2.18. The van der Waals surface area contributed by atoms with E-state index in [0.29, 0.717) is 25.3 Å². The predicted molar refractivity (Wildman–Crippen MR) is 120 cm³/mol. The monoisotopic (exact) mass is 445 g/mol. The molecular formula is C23H32FN5O3. The molecule has 0 aromatic heterocycles. The van der Waals surface area contributed by atoms with Crippen molar-refractivity contribution < 1.29 is 18.8 Å². The molecule has 3 rings (SSSR count). The van der Waals surface area contributed by atoms with Crippen LogP contribution in [0, 0.1) is 11.7 Å². The number of nitrogens with one attached hydrogen (secondary N) is 1. The van der Waals surface area contributed by atoms with Crippen molar-refractivity contribution in [2.75, 3.05) is 24.6 Å². The van der Waals surface area contributed by atoms with Gasteiger partial charge >= 0.3 is 0 Å². The average Bonchev–Trinajstić information content (AvgIpc) is 3.25. The van der Waals surface area contributed by atoms with Gasteiger partial charge in [0.15, 0.2) is 0 Å². The number of rotatable bonds is 9. The molecule has 9 heteroatoms. The van der Waals surface area contributed by atoms with Crippen LogP contribution in [-0.2, 0) is 14.4 Å². The summed E-state index contributed by atoms with van der Waals surface area (Å²) in [5.74, 6) is -1.58. The topological polar surface area (TPSA) is 108 Å². The lowest BCUT2D eigenvalue weighted by molar-refractivity contribution is -0.131. The number of hydrazone groups is 1. The minimum absolute atomic E-state index is 0.0182. The van der Waals surface area contributed by atoms with Gasteiger partial charge in [-0.1, -0.05) is 26.2 Å². The van der Waals surface area contributed by atoms with Gasteiger partial charge < -0.3 is 16.0 Å². The zero-order valence-corrected chi connectivity index (χ0v) is 18.6. The number of anilines is 1. The van der Waals surface area contributed by atoms with Crippen LogP contribution in [0.4, 0.5) is 10.1 Å². The van der Waals surface area contributed by atoms with Crippen molar-refractivity contribution in [3.8, 4) is 0 Å². The molecule has 8 nitrogen and oxygen atoms in total. The number of benzene rings is 1. The van der Waals surface area contributed by atoms with E-state index in [-0.39, 0.29) is 29.9 Å². The molecule has 2 atom stereocenters. The lowest BCUT2D eigenvalue weighted by Crippen LogP contribution is -2.47. The highest BCUT2D eigenvalue weighted by Gasteiger charge is 2.38. The SMILES string of the molecule is CCCCCCNC(=O)C1CCCN(C(=O)C2=NN(c3ccc(F)cc3)C(C(N)=O)C2)C1. The van der Waals surface area contributed by atoms with E-state index in [0.717, 1.165) is 38.5 Å². The minimum Gasteiger partial charge on any atom is -0.368 e. The molecule has 2 aliphatic heterocycles. The first-order chi connectivity index (χ1) is 15.4. The van der Waals surface area contributed by atoms with Gasteiger partial charge in [0.2, 0.25) is 11.8 Å². The van der Waals surface area contributed by atoms with Crippen molar-refractivity contribution in [1.82, 2.24) is 10.2 Å². The number of nitrogens with zero attached hydrogens (tertiary/aromatic N) is 3. The summed E-state index contributed by atoms with van der Waals surface area (Å²) in [6, 6.07) is 4.69. The van der Waals surface area contributed by atoms with E-state index < -0.39 is 17.8 Å². The molecule has 174 valence electrons. The molecule has 0 aliphatic carbocycles. The number of hydrogen-bond acceptors (Lipinski definition) is 5. The Morgan fingerprint density at radius 3 is 2.62 bits per heavy atom. The van der Waals surface area contributed by atoms with Crippen LogP contribution in [0.25, 0.3) is 0 Å². The molecule has 2 aliphatic rings. The summed E-state index contributed by atoms with van der Waals surface area (Å²) in [6.07, 6.45) is 5.90. The van der Waals surface area contributed by atoms with Gasteiger partial charge in [-0.15, -0.1) is 0 Å². The maximum absolute atomic E-state index is 13.3. The number of hydrogen-bond donors (Lipinski definition) is 2. The number of carbonyl (C=O) groups excluding carboxylic acids is 3. The Morgan fingerprint density at radius 1 is 1.19 bits per heavy atom. The van der Waals surface area contributed by atoms with Crippen LogP contribution in [0.5, 0.6) is 0 Å². The second kappa shape index (κ2) is 11.1. The number of unbranched alkanes of at least 4 members (excludes halogenated alkanes) is 3. The fraction of sp³-hybridized carbons (Fsp3) is 0.565. The van der Waals surface area contributed by atoms with E-state index in [9.17, 15) is 18.8 Å². The van der Waals surface area contributed by atoms with Crippen molar-refractivity contribution >= 4 is 29.1 Å². The minimum atomic E-state index is -0.814. The Labute approximate surface area is 188 Å². The third kappa shape index (κ3) is 5.83. The van der Waals surface area contributed by atoms with Crippen LogP contribution in [0.15, 0.2) is 29.4 Å². The van der Waals surface area contributed by atoms with Gasteiger partial charge in [-0.3, -0.25) is 19.4 Å². The molecular weight excluding hydrogens is 413 g/mol. The summed E-state index contributed by atoms with van der Waals surface area (Å²) in [7, 11) is 0. The maximum Gasteiger partial charge on any atom is 0.270 e. The molecule has 0 spiro atoms. The van der Waals surface area contributed by atoms with E-state index in [4.69, 9.17) is 5.73 Å². The normalized spacial score (nSPS) is 20.8. The molecule has 3 N–H and O–H groups in total. The number of likely N-dealkylation sites (tertiary alicyclic amines) is 1. The van der Waals surface area contributed by atoms with Crippen LogP contribution >= 0.6 is 0 Å². The van der Waals surface area contributed by atoms with Crippen molar-refractivity contribution in [3.63, 3.8) is 0 Å². The van der Waals surface area contributed by atoms with Gasteiger partial charge in [0.1, 0.15) is 17.6 Å². The van der Waals surface area contributed by atoms with Gasteiger partial charge in [0, 0.05) is 26.1 Å². The number of halogens is 1. The molecule has 0 saturated carbocycles. The Bertz CT molecular complexity index is 858. The Kier molecular flexibility index (Phi) is 8.19. The lowest BCUT2D eigenvalue weighted by Gasteiger charge is -2.32. The number of piperidine rings is 1. The summed E-state index contributed by atoms with van der Waals surface area (Å²) in [5.41, 5.74) is 6.23. The first-order valence-corrected chi connectivity index (χ1v) is 11.4. The zero-order valence-electron chi connectivity index (χ0n) is 18.6. The average molecular weight is 446 g/mol. The van der Waals surface area contributed by atoms with Crippen LogP contribution < -0.4 is 16.1 Å². The van der Waals surface area contributed by atoms with E-state index in [1.54, 1.807) is 4.90 Å². The second-order valence-corrected chi connectivity index (χ2v) is 8.43. The summed E-state index contributed by atoms with van der Waals surface area (Å²) in [6.45, 7) is 3.67. The number of primary amides is 1. The summed E-state index contributed by atoms with van der Waals surface area (Å²) in [5, 5.41) is 8.71. The van der Waals surface area contributed by atoms with Crippen LogP contribution in [0.2, 0.25) is 0 Å². The van der Waals surface area contributed by atoms with Crippen LogP contribution in [0.3, 0.4) is 0 Å². The van der Waals surface area contributed by atoms with E-state index >= 15 is 0 Å². The first-order valence-electron chi connectivity index (χ1n) is 11.4. The van der Waals surface area contributed by atoms with Gasteiger partial charge in [0.25, 0.3) is 5.91 Å². The quantitative estimate of drug-likeness (QED) is 0.568. The summed E-state index contributed by atoms with van der Waals surface area (Å²) in [4.78, 5) is 39.3. The molecule has 1 fully saturated rings. The third-order valence-corrected chi connectivity index (χ3v) is 5.99. The fourth-order valence-corrected chi connectivity index (χ4v) is 4.16. The largest absolute Gasteiger partial charge is 0.368 e. The molecule has 0 radical (unpaired) electrons. The molecule has 32 heavy (non-hydrogen) atoms. The molecule has 1 saturated heterocycles. The van der Waals surface area contributed by atoms with Crippen molar-refractivity contribution in [3.05, 3.63) is 30.1 Å². The highest BCUT2D eigenvalue weighted by molar-refractivity contribution is 6.40. The smallest absolute Gasteiger partial charge is 0.270 e. The van der Waals surface area contributed by atoms with Crippen molar-refractivity contribution in [2.45, 2.75) is 57.9 Å². The molecule has 0 bridgehead atoms. The number of carbonyl (C=O) groups is 3. The van der Waals surface area contributed by atoms with Crippen molar-refractivity contribution in [1.29, 1.82) is 0 Å². The fourth-order valence-electron chi connectivity index (χ4n) is 4.16. The number of nitrogens with two attached hydrogens (primary N) is 1. The highest BCUT2D eigenvalue weighted by atomic mass is 19.1. The second-order valence-electron chi connectivity index (χ2n) is 8.43. The standard InChI is InChI=1S/C23H32FN5O3/c1-2-3-4-5-12-26-22(31)16-7-6-13-28(15-16)23(32)19-14-20(21(25)30)29(27-19)18-10-8-17(24)9-11-18/h8-11,16,20H,2-7,12-15H2,1H3,(H2,25,30)(H,26,31). The molecule has 1 aromatic carbocycles. The van der Waals surface area contributed by atoms with Gasteiger partial charge in [-0.2, -0.15) is 5.10 Å². The molecule has 3 amide bonds. The molecule has 2 heterocycles. The lowest BCUT2D eigenvalue weighted by atomic mass is 9.96. The third-order valence-electron chi connectivity index (χ3n) is 5.99. The number of amides is 3. The Hall–Kier alpha value is -2.97. The van der Waals surface area contributed by atoms with Gasteiger partial charge in [-0.25, -0.2) is 4.39 Å². The highest BCUT2D eigenvalue weighted by Crippen LogP contribution is 2.26. The van der Waals surface area contributed by atoms with E-state index in [2.05, 4.69) is 17.3 Å². The van der Waals surface area contributed by atoms with E-state index in [1.165, 1.54) is 29.3 Å². The zero-order chi connectivity index (χ0) is 23.1. The van der Waals surface area contributed by atoms with Gasteiger partial charge in [0.05, 0.1) is 11.6 Å². The van der Waals surface area contributed by atoms with Crippen LogP contribution in [-0.4, -0.2) is 54.0 Å². The van der Waals surface area contributed by atoms with Crippen LogP contribution in [0.1, 0.15) is 51.9 Å². The molecule has 2 unspecified atom stereocenters. The van der Waals surface area contributed by atoms with Crippen molar-refractivity contribution in [2.24, 2.45) is 16.8 Å².